The van der Waals surface area contributed by atoms with E-state index in [1.54, 1.807) is 0 Å². The van der Waals surface area contributed by atoms with Crippen LogP contribution in [-0.4, -0.2) is 24.3 Å². The van der Waals surface area contributed by atoms with Crippen molar-refractivity contribution in [3.63, 3.8) is 0 Å². The third kappa shape index (κ3) is 1.57. The van der Waals surface area contributed by atoms with E-state index < -0.39 is 0 Å². The maximum Gasteiger partial charge on any atom is 0.0633 e. The highest BCUT2D eigenvalue weighted by molar-refractivity contribution is 5.91. The summed E-state index contributed by atoms with van der Waals surface area (Å²) in [5, 5.41) is 0. The molecule has 2 aliphatic rings. The highest BCUT2D eigenvalue weighted by Crippen LogP contribution is 2.42. The lowest BCUT2D eigenvalue weighted by atomic mass is 9.89. The number of likely N-dealkylation sites (N-methyl/N-ethyl adjacent to an activating group) is 1. The Hall–Kier alpha value is -1.64. The lowest BCUT2D eigenvalue weighted by Gasteiger charge is -2.22. The van der Waals surface area contributed by atoms with Crippen LogP contribution in [0.5, 0.6) is 0 Å². The van der Waals surface area contributed by atoms with Crippen LogP contribution in [0.3, 0.4) is 0 Å². The van der Waals surface area contributed by atoms with Crippen LogP contribution in [0, 0.1) is 0 Å². The van der Waals surface area contributed by atoms with Crippen LogP contribution in [0.4, 0.5) is 5.69 Å². The molecule has 3 heteroatoms. The number of hydrogen-bond donors (Lipinski definition) is 0. The molecule has 2 aliphatic heterocycles. The summed E-state index contributed by atoms with van der Waals surface area (Å²) < 4.78 is 0. The lowest BCUT2D eigenvalue weighted by Crippen LogP contribution is -2.28. The molecule has 1 aromatic rings. The normalized spacial score (nSPS) is 21.7. The zero-order valence-electron chi connectivity index (χ0n) is 11.4. The van der Waals surface area contributed by atoms with Crippen molar-refractivity contribution in [3.05, 3.63) is 29.7 Å². The van der Waals surface area contributed by atoms with Crippen molar-refractivity contribution < 1.29 is 0 Å². The number of fused-ring (bicyclic) bond motifs is 3. The van der Waals surface area contributed by atoms with Crippen molar-refractivity contribution in [3.8, 4) is 0 Å². The summed E-state index contributed by atoms with van der Waals surface area (Å²) in [7, 11) is 2.14. The Morgan fingerprint density at radius 2 is 2.11 bits per heavy atom. The van der Waals surface area contributed by atoms with Crippen LogP contribution < -0.4 is 4.90 Å². The molecule has 0 N–H and O–H groups in total. The van der Waals surface area contributed by atoms with Gasteiger partial charge in [-0.1, -0.05) is 20.8 Å². The number of nitrogens with zero attached hydrogens (tertiary/aromatic N) is 3. The summed E-state index contributed by atoms with van der Waals surface area (Å²) in [6, 6.07) is 2.67. The maximum atomic E-state index is 4.62. The Morgan fingerprint density at radius 1 is 1.33 bits per heavy atom. The zero-order valence-corrected chi connectivity index (χ0v) is 11.4. The number of pyridine rings is 1. The SMILES string of the molecule is CN1c2cnc(C(C)(C)C)cc2C2=CN=CCC21. The molecule has 0 spiro atoms. The maximum absolute atomic E-state index is 4.62. The van der Waals surface area contributed by atoms with Gasteiger partial charge in [0.2, 0.25) is 0 Å². The van der Waals surface area contributed by atoms with Crippen LogP contribution in [0.25, 0.3) is 5.57 Å². The van der Waals surface area contributed by atoms with E-state index in [1.807, 2.05) is 18.6 Å². The fraction of sp³-hybridized carbons (Fsp3) is 0.467. The quantitative estimate of drug-likeness (QED) is 0.698. The standard InChI is InChI=1S/C15H19N3/c1-15(2,3)14-7-10-11-8-16-6-5-12(11)18(4)13(10)9-17-14/h6-9,12H,5H2,1-4H3. The van der Waals surface area contributed by atoms with Crippen molar-refractivity contribution in [2.45, 2.75) is 38.6 Å². The summed E-state index contributed by atoms with van der Waals surface area (Å²) in [5.74, 6) is 0. The fourth-order valence-electron chi connectivity index (χ4n) is 2.66. The van der Waals surface area contributed by atoms with E-state index in [4.69, 9.17) is 0 Å². The largest absolute Gasteiger partial charge is 0.365 e. The molecule has 1 aromatic heterocycles. The summed E-state index contributed by atoms with van der Waals surface area (Å²) in [4.78, 5) is 11.2. The predicted octanol–water partition coefficient (Wildman–Crippen LogP) is 3.01. The first kappa shape index (κ1) is 11.5. The van der Waals surface area contributed by atoms with E-state index in [-0.39, 0.29) is 5.41 Å². The molecule has 0 fully saturated rings. The van der Waals surface area contributed by atoms with Crippen molar-refractivity contribution in [1.82, 2.24) is 4.98 Å². The van der Waals surface area contributed by atoms with Crippen LogP contribution in [0.15, 0.2) is 23.5 Å². The fourth-order valence-corrected chi connectivity index (χ4v) is 2.66. The predicted molar refractivity (Wildman–Crippen MR) is 76.2 cm³/mol. The molecule has 0 bridgehead atoms. The smallest absolute Gasteiger partial charge is 0.0633 e. The van der Waals surface area contributed by atoms with Gasteiger partial charge in [0.1, 0.15) is 0 Å². The number of rotatable bonds is 0. The van der Waals surface area contributed by atoms with E-state index >= 15 is 0 Å². The van der Waals surface area contributed by atoms with Gasteiger partial charge in [0.25, 0.3) is 0 Å². The third-order valence-electron chi connectivity index (χ3n) is 3.82. The monoisotopic (exact) mass is 241 g/mol. The van der Waals surface area contributed by atoms with Gasteiger partial charge in [-0.3, -0.25) is 9.98 Å². The summed E-state index contributed by atoms with van der Waals surface area (Å²) in [5.41, 5.74) is 5.10. The van der Waals surface area contributed by atoms with Gasteiger partial charge in [-0.25, -0.2) is 0 Å². The number of anilines is 1. The average Bonchev–Trinajstić information content (AvgIpc) is 2.63. The van der Waals surface area contributed by atoms with E-state index in [2.05, 4.69) is 48.8 Å². The molecule has 1 atom stereocenters. The second-order valence-corrected chi connectivity index (χ2v) is 6.12. The van der Waals surface area contributed by atoms with Gasteiger partial charge >= 0.3 is 0 Å². The van der Waals surface area contributed by atoms with Crippen molar-refractivity contribution in [2.24, 2.45) is 4.99 Å². The van der Waals surface area contributed by atoms with Crippen molar-refractivity contribution in [2.75, 3.05) is 11.9 Å². The molecule has 0 aromatic carbocycles. The topological polar surface area (TPSA) is 28.5 Å². The molecule has 3 nitrogen and oxygen atoms in total. The third-order valence-corrected chi connectivity index (χ3v) is 3.82. The van der Waals surface area contributed by atoms with Crippen molar-refractivity contribution >= 4 is 17.5 Å². The van der Waals surface area contributed by atoms with E-state index in [0.29, 0.717) is 6.04 Å². The number of aromatic nitrogens is 1. The molecule has 0 amide bonds. The van der Waals surface area contributed by atoms with Gasteiger partial charge in [-0.2, -0.15) is 0 Å². The van der Waals surface area contributed by atoms with Crippen LogP contribution in [-0.2, 0) is 5.41 Å². The van der Waals surface area contributed by atoms with E-state index in [1.165, 1.54) is 16.8 Å². The number of aliphatic imine (C=N–C) groups is 1. The van der Waals surface area contributed by atoms with Crippen LogP contribution in [0.2, 0.25) is 0 Å². The minimum Gasteiger partial charge on any atom is -0.365 e. The molecular weight excluding hydrogens is 222 g/mol. The summed E-state index contributed by atoms with van der Waals surface area (Å²) in [6.07, 6.45) is 6.99. The van der Waals surface area contributed by atoms with Gasteiger partial charge in [0.15, 0.2) is 0 Å². The van der Waals surface area contributed by atoms with Crippen molar-refractivity contribution in [1.29, 1.82) is 0 Å². The Kier molecular flexibility index (Phi) is 2.34. The second-order valence-electron chi connectivity index (χ2n) is 6.12. The molecule has 0 saturated heterocycles. The molecule has 1 unspecified atom stereocenters. The van der Waals surface area contributed by atoms with Crippen LogP contribution in [0.1, 0.15) is 38.4 Å². The lowest BCUT2D eigenvalue weighted by molar-refractivity contribution is 0.569. The molecule has 18 heavy (non-hydrogen) atoms. The Labute approximate surface area is 108 Å². The van der Waals surface area contributed by atoms with E-state index in [0.717, 1.165) is 12.1 Å². The molecule has 3 rings (SSSR count). The molecule has 3 heterocycles. The molecule has 0 radical (unpaired) electrons. The first-order valence-electron chi connectivity index (χ1n) is 6.44. The Balaban J connectivity index is 2.15. The molecular formula is C15H19N3. The minimum atomic E-state index is 0.0875. The molecule has 0 aliphatic carbocycles. The zero-order chi connectivity index (χ0) is 12.9. The summed E-state index contributed by atoms with van der Waals surface area (Å²) in [6.45, 7) is 6.60. The minimum absolute atomic E-state index is 0.0875. The first-order valence-corrected chi connectivity index (χ1v) is 6.44. The van der Waals surface area contributed by atoms with Crippen LogP contribution >= 0.6 is 0 Å². The van der Waals surface area contributed by atoms with Gasteiger partial charge in [0, 0.05) is 48.1 Å². The van der Waals surface area contributed by atoms with E-state index in [9.17, 15) is 0 Å². The second kappa shape index (κ2) is 3.67. The molecule has 94 valence electrons. The number of hydrogen-bond acceptors (Lipinski definition) is 3. The van der Waals surface area contributed by atoms with Gasteiger partial charge in [-0.05, 0) is 6.07 Å². The van der Waals surface area contributed by atoms with Gasteiger partial charge in [0.05, 0.1) is 17.9 Å². The Bertz CT molecular complexity index is 549. The first-order chi connectivity index (χ1) is 8.48. The van der Waals surface area contributed by atoms with Gasteiger partial charge < -0.3 is 4.90 Å². The highest BCUT2D eigenvalue weighted by Gasteiger charge is 2.33. The summed E-state index contributed by atoms with van der Waals surface area (Å²) >= 11 is 0. The highest BCUT2D eigenvalue weighted by atomic mass is 15.2. The Morgan fingerprint density at radius 3 is 2.83 bits per heavy atom. The average molecular weight is 241 g/mol. The van der Waals surface area contributed by atoms with Gasteiger partial charge in [-0.15, -0.1) is 0 Å². The molecule has 0 saturated carbocycles.